The van der Waals surface area contributed by atoms with E-state index in [-0.39, 0.29) is 11.9 Å². The van der Waals surface area contributed by atoms with Crippen molar-refractivity contribution in [3.8, 4) is 0 Å². The Labute approximate surface area is 117 Å². The molecule has 0 amide bonds. The molecule has 2 atom stereocenters. The molecule has 18 heavy (non-hydrogen) atoms. The third-order valence-electron chi connectivity index (χ3n) is 3.62. The summed E-state index contributed by atoms with van der Waals surface area (Å²) in [5.41, 5.74) is 0.643. The Balaban J connectivity index is 1.91. The highest BCUT2D eigenvalue weighted by Crippen LogP contribution is 2.31. The highest BCUT2D eigenvalue weighted by Gasteiger charge is 2.24. The maximum Gasteiger partial charge on any atom is 0.129 e. The molecule has 0 aromatic heterocycles. The van der Waals surface area contributed by atoms with Gasteiger partial charge in [-0.2, -0.15) is 0 Å². The van der Waals surface area contributed by atoms with Crippen molar-refractivity contribution in [2.24, 2.45) is 11.8 Å². The van der Waals surface area contributed by atoms with Crippen molar-refractivity contribution in [3.05, 3.63) is 34.1 Å². The van der Waals surface area contributed by atoms with Crippen LogP contribution in [0, 0.1) is 17.7 Å². The summed E-state index contributed by atoms with van der Waals surface area (Å²) in [6.45, 7) is 4.92. The molecule has 2 rings (SSSR count). The fraction of sp³-hybridized carbons (Fsp3) is 0.600. The molecule has 0 saturated heterocycles. The second-order valence-corrected chi connectivity index (χ2v) is 6.50. The number of hydrogen-bond donors (Lipinski definition) is 0. The molecule has 3 heteroatoms. The van der Waals surface area contributed by atoms with Crippen LogP contribution in [-0.2, 0) is 11.3 Å². The van der Waals surface area contributed by atoms with Gasteiger partial charge in [-0.3, -0.25) is 0 Å². The van der Waals surface area contributed by atoms with E-state index >= 15 is 0 Å². The standard InChI is InChI=1S/C15H20BrFO/c1-10-5-11(2)7-14(6-10)18-9-12-3-4-13(16)8-15(12)17/h3-4,8,10-11,14H,5-7,9H2,1-2H3. The molecule has 1 saturated carbocycles. The van der Waals surface area contributed by atoms with Gasteiger partial charge in [0.2, 0.25) is 0 Å². The highest BCUT2D eigenvalue weighted by atomic mass is 79.9. The Hall–Kier alpha value is -0.410. The monoisotopic (exact) mass is 314 g/mol. The van der Waals surface area contributed by atoms with E-state index in [0.717, 1.165) is 17.3 Å². The number of halogens is 2. The van der Waals surface area contributed by atoms with Crippen LogP contribution < -0.4 is 0 Å². The van der Waals surface area contributed by atoms with E-state index in [4.69, 9.17) is 4.74 Å². The number of benzene rings is 1. The normalized spacial score (nSPS) is 28.3. The molecule has 1 nitrogen and oxygen atoms in total. The van der Waals surface area contributed by atoms with Crippen LogP contribution in [0.1, 0.15) is 38.7 Å². The van der Waals surface area contributed by atoms with Gasteiger partial charge in [0, 0.05) is 10.0 Å². The summed E-state index contributed by atoms with van der Waals surface area (Å²) >= 11 is 3.26. The zero-order chi connectivity index (χ0) is 13.1. The average Bonchev–Trinajstić information content (AvgIpc) is 2.26. The van der Waals surface area contributed by atoms with Crippen molar-refractivity contribution < 1.29 is 9.13 Å². The minimum absolute atomic E-state index is 0.193. The molecule has 1 aromatic rings. The van der Waals surface area contributed by atoms with Crippen LogP contribution >= 0.6 is 15.9 Å². The Kier molecular flexibility index (Phi) is 4.79. The predicted octanol–water partition coefficient (Wildman–Crippen LogP) is 4.93. The second kappa shape index (κ2) is 6.16. The van der Waals surface area contributed by atoms with E-state index in [2.05, 4.69) is 29.8 Å². The van der Waals surface area contributed by atoms with Crippen molar-refractivity contribution in [1.29, 1.82) is 0 Å². The van der Waals surface area contributed by atoms with Crippen LogP contribution in [0.15, 0.2) is 22.7 Å². The van der Waals surface area contributed by atoms with Crippen molar-refractivity contribution in [1.82, 2.24) is 0 Å². The molecule has 0 bridgehead atoms. The van der Waals surface area contributed by atoms with Crippen LogP contribution in [0.25, 0.3) is 0 Å². The predicted molar refractivity (Wildman–Crippen MR) is 74.9 cm³/mol. The highest BCUT2D eigenvalue weighted by molar-refractivity contribution is 9.10. The van der Waals surface area contributed by atoms with Gasteiger partial charge < -0.3 is 4.74 Å². The summed E-state index contributed by atoms with van der Waals surface area (Å²) in [6, 6.07) is 5.13. The summed E-state index contributed by atoms with van der Waals surface area (Å²) < 4.78 is 20.3. The van der Waals surface area contributed by atoms with Gasteiger partial charge in [-0.05, 0) is 43.2 Å². The summed E-state index contributed by atoms with van der Waals surface area (Å²) in [7, 11) is 0. The van der Waals surface area contributed by atoms with Crippen LogP contribution in [0.2, 0.25) is 0 Å². The molecule has 100 valence electrons. The van der Waals surface area contributed by atoms with E-state index in [9.17, 15) is 4.39 Å². The SMILES string of the molecule is CC1CC(C)CC(OCc2ccc(Br)cc2F)C1. The first-order valence-corrected chi connectivity index (χ1v) is 7.39. The van der Waals surface area contributed by atoms with Crippen molar-refractivity contribution in [3.63, 3.8) is 0 Å². The molecule has 1 aromatic carbocycles. The first-order chi connectivity index (χ1) is 8.54. The molecule has 2 unspecified atom stereocenters. The second-order valence-electron chi connectivity index (χ2n) is 5.59. The summed E-state index contributed by atoms with van der Waals surface area (Å²) in [5.74, 6) is 1.24. The average molecular weight is 315 g/mol. The largest absolute Gasteiger partial charge is 0.373 e. The van der Waals surface area contributed by atoms with Crippen LogP contribution in [0.4, 0.5) is 4.39 Å². The molecule has 0 N–H and O–H groups in total. The zero-order valence-corrected chi connectivity index (χ0v) is 12.5. The fourth-order valence-corrected chi connectivity index (χ4v) is 3.19. The summed E-state index contributed by atoms with van der Waals surface area (Å²) in [5, 5.41) is 0. The van der Waals surface area contributed by atoms with Gasteiger partial charge in [-0.15, -0.1) is 0 Å². The van der Waals surface area contributed by atoms with Crippen LogP contribution in [-0.4, -0.2) is 6.10 Å². The van der Waals surface area contributed by atoms with Gasteiger partial charge in [-0.25, -0.2) is 4.39 Å². The number of rotatable bonds is 3. The minimum atomic E-state index is -0.193. The van der Waals surface area contributed by atoms with Gasteiger partial charge in [-0.1, -0.05) is 35.8 Å². The molecule has 1 aliphatic rings. The van der Waals surface area contributed by atoms with E-state index in [1.807, 2.05) is 6.07 Å². The molecule has 0 spiro atoms. The van der Waals surface area contributed by atoms with Crippen molar-refractivity contribution in [2.45, 2.75) is 45.8 Å². The smallest absolute Gasteiger partial charge is 0.129 e. The minimum Gasteiger partial charge on any atom is -0.373 e. The van der Waals surface area contributed by atoms with Gasteiger partial charge in [0.1, 0.15) is 5.82 Å². The molecule has 1 aliphatic carbocycles. The van der Waals surface area contributed by atoms with Crippen LogP contribution in [0.5, 0.6) is 0 Å². The lowest BCUT2D eigenvalue weighted by Gasteiger charge is -2.31. The lowest BCUT2D eigenvalue weighted by atomic mass is 9.82. The molecule has 0 aliphatic heterocycles. The first-order valence-electron chi connectivity index (χ1n) is 6.60. The third-order valence-corrected chi connectivity index (χ3v) is 4.12. The molecular formula is C15H20BrFO. The summed E-state index contributed by atoms with van der Waals surface area (Å²) in [6.07, 6.45) is 3.77. The lowest BCUT2D eigenvalue weighted by molar-refractivity contribution is -0.0102. The van der Waals surface area contributed by atoms with Gasteiger partial charge in [0.15, 0.2) is 0 Å². The zero-order valence-electron chi connectivity index (χ0n) is 11.0. The Morgan fingerprint density at radius 3 is 2.50 bits per heavy atom. The van der Waals surface area contributed by atoms with Crippen molar-refractivity contribution in [2.75, 3.05) is 0 Å². The first kappa shape index (κ1) is 14.0. The molecule has 0 heterocycles. The van der Waals surface area contributed by atoms with E-state index in [1.54, 1.807) is 6.07 Å². The van der Waals surface area contributed by atoms with E-state index in [0.29, 0.717) is 24.0 Å². The quantitative estimate of drug-likeness (QED) is 0.768. The topological polar surface area (TPSA) is 9.23 Å². The maximum atomic E-state index is 13.6. The molecular weight excluding hydrogens is 295 g/mol. The van der Waals surface area contributed by atoms with Crippen molar-refractivity contribution >= 4 is 15.9 Å². The van der Waals surface area contributed by atoms with Crippen LogP contribution in [0.3, 0.4) is 0 Å². The summed E-state index contributed by atoms with van der Waals surface area (Å²) in [4.78, 5) is 0. The third kappa shape index (κ3) is 3.79. The fourth-order valence-electron chi connectivity index (χ4n) is 2.86. The Bertz CT molecular complexity index is 397. The number of ether oxygens (including phenoxy) is 1. The number of hydrogen-bond acceptors (Lipinski definition) is 1. The Morgan fingerprint density at radius 2 is 1.89 bits per heavy atom. The molecule has 1 fully saturated rings. The van der Waals surface area contributed by atoms with Gasteiger partial charge in [0.05, 0.1) is 12.7 Å². The van der Waals surface area contributed by atoms with E-state index in [1.165, 1.54) is 12.5 Å². The van der Waals surface area contributed by atoms with Gasteiger partial charge in [0.25, 0.3) is 0 Å². The lowest BCUT2D eigenvalue weighted by Crippen LogP contribution is -2.26. The van der Waals surface area contributed by atoms with E-state index < -0.39 is 0 Å². The Morgan fingerprint density at radius 1 is 1.22 bits per heavy atom. The van der Waals surface area contributed by atoms with Gasteiger partial charge >= 0.3 is 0 Å². The molecule has 0 radical (unpaired) electrons. The maximum absolute atomic E-state index is 13.6.